The van der Waals surface area contributed by atoms with E-state index in [-0.39, 0.29) is 5.91 Å². The van der Waals surface area contributed by atoms with Gasteiger partial charge in [-0.25, -0.2) is 0 Å². The predicted molar refractivity (Wildman–Crippen MR) is 85.4 cm³/mol. The molecule has 0 fully saturated rings. The number of para-hydroxylation sites is 1. The number of aromatic amines is 1. The zero-order valence-electron chi connectivity index (χ0n) is 9.98. The van der Waals surface area contributed by atoms with Gasteiger partial charge in [0.15, 0.2) is 0 Å². The molecule has 0 spiro atoms. The molecule has 3 nitrogen and oxygen atoms in total. The van der Waals surface area contributed by atoms with Gasteiger partial charge in [-0.2, -0.15) is 0 Å². The molecular weight excluding hydrogens is 351 g/mol. The maximum Gasteiger partial charge on any atom is 0.272 e. The van der Waals surface area contributed by atoms with Gasteiger partial charge in [-0.15, -0.1) is 0 Å². The monoisotopic (exact) mass is 362 g/mol. The molecule has 1 aromatic heterocycles. The lowest BCUT2D eigenvalue weighted by Crippen LogP contribution is -2.11. The molecule has 4 heteroatoms. The van der Waals surface area contributed by atoms with Crippen LogP contribution in [0.2, 0.25) is 0 Å². The third kappa shape index (κ3) is 2.63. The Bertz CT molecular complexity index is 734. The van der Waals surface area contributed by atoms with Crippen LogP contribution in [-0.4, -0.2) is 10.9 Å². The summed E-state index contributed by atoms with van der Waals surface area (Å²) in [7, 11) is 0. The van der Waals surface area contributed by atoms with Gasteiger partial charge in [-0.3, -0.25) is 4.79 Å². The van der Waals surface area contributed by atoms with Crippen molar-refractivity contribution < 1.29 is 4.79 Å². The van der Waals surface area contributed by atoms with Crippen molar-refractivity contribution in [2.75, 3.05) is 5.32 Å². The molecule has 0 radical (unpaired) electrons. The van der Waals surface area contributed by atoms with Crippen LogP contribution in [0.3, 0.4) is 0 Å². The van der Waals surface area contributed by atoms with Gasteiger partial charge in [0.05, 0.1) is 0 Å². The van der Waals surface area contributed by atoms with E-state index in [1.165, 1.54) is 0 Å². The number of H-pyrrole nitrogens is 1. The number of carbonyl (C=O) groups excluding carboxylic acids is 1. The summed E-state index contributed by atoms with van der Waals surface area (Å²) < 4.78 is 1.15. The molecule has 2 aromatic carbocycles. The lowest BCUT2D eigenvalue weighted by molar-refractivity contribution is 0.102. The minimum Gasteiger partial charge on any atom is -0.351 e. The predicted octanol–water partition coefficient (Wildman–Crippen LogP) is 4.02. The third-order valence-corrected chi connectivity index (χ3v) is 3.53. The van der Waals surface area contributed by atoms with Gasteiger partial charge in [-0.05, 0) is 59.0 Å². The van der Waals surface area contributed by atoms with E-state index in [1.807, 2.05) is 54.6 Å². The van der Waals surface area contributed by atoms with Gasteiger partial charge < -0.3 is 10.3 Å². The van der Waals surface area contributed by atoms with Crippen molar-refractivity contribution in [2.24, 2.45) is 0 Å². The average molecular weight is 362 g/mol. The fourth-order valence-corrected chi connectivity index (χ4v) is 2.46. The van der Waals surface area contributed by atoms with Crippen LogP contribution >= 0.6 is 22.6 Å². The van der Waals surface area contributed by atoms with Crippen LogP contribution in [0.25, 0.3) is 10.9 Å². The second-order valence-corrected chi connectivity index (χ2v) is 5.48. The Morgan fingerprint density at radius 3 is 2.63 bits per heavy atom. The summed E-state index contributed by atoms with van der Waals surface area (Å²) in [4.78, 5) is 15.3. The Hall–Kier alpha value is -1.82. The van der Waals surface area contributed by atoms with Gasteiger partial charge in [0, 0.05) is 20.2 Å². The van der Waals surface area contributed by atoms with E-state index in [9.17, 15) is 4.79 Å². The SMILES string of the molecule is O=C(Nc1ccccc1)c1cc2cc(I)ccc2[nH]1. The van der Waals surface area contributed by atoms with Crippen LogP contribution in [0.15, 0.2) is 54.6 Å². The summed E-state index contributed by atoms with van der Waals surface area (Å²) in [6, 6.07) is 17.3. The van der Waals surface area contributed by atoms with Crippen molar-refractivity contribution in [2.45, 2.75) is 0 Å². The summed E-state index contributed by atoms with van der Waals surface area (Å²) in [5, 5.41) is 3.91. The molecule has 0 aliphatic carbocycles. The van der Waals surface area contributed by atoms with Gasteiger partial charge >= 0.3 is 0 Å². The van der Waals surface area contributed by atoms with Gasteiger partial charge in [0.1, 0.15) is 5.69 Å². The number of carbonyl (C=O) groups is 1. The van der Waals surface area contributed by atoms with Gasteiger partial charge in [0.2, 0.25) is 0 Å². The van der Waals surface area contributed by atoms with Crippen molar-refractivity contribution in [1.82, 2.24) is 4.98 Å². The second-order valence-electron chi connectivity index (χ2n) is 4.23. The minimum absolute atomic E-state index is 0.127. The molecule has 94 valence electrons. The molecule has 19 heavy (non-hydrogen) atoms. The number of halogens is 1. The highest BCUT2D eigenvalue weighted by Crippen LogP contribution is 2.19. The summed E-state index contributed by atoms with van der Waals surface area (Å²) in [5.41, 5.74) is 2.33. The fourth-order valence-electron chi connectivity index (χ4n) is 1.95. The normalized spacial score (nSPS) is 10.6. The van der Waals surface area contributed by atoms with E-state index in [2.05, 4.69) is 32.9 Å². The van der Waals surface area contributed by atoms with E-state index in [0.29, 0.717) is 5.69 Å². The molecule has 3 aromatic rings. The van der Waals surface area contributed by atoms with Crippen LogP contribution in [0.4, 0.5) is 5.69 Å². The number of fused-ring (bicyclic) bond motifs is 1. The number of anilines is 1. The van der Waals surface area contributed by atoms with E-state index in [1.54, 1.807) is 0 Å². The quantitative estimate of drug-likeness (QED) is 0.665. The summed E-state index contributed by atoms with van der Waals surface area (Å²) in [6.45, 7) is 0. The van der Waals surface area contributed by atoms with Gasteiger partial charge in [0.25, 0.3) is 5.91 Å². The molecule has 0 aliphatic heterocycles. The van der Waals surface area contributed by atoms with E-state index in [0.717, 1.165) is 20.2 Å². The fraction of sp³-hybridized carbons (Fsp3) is 0. The molecular formula is C15H11IN2O. The standard InChI is InChI=1S/C15H11IN2O/c16-11-6-7-13-10(8-11)9-14(18-13)15(19)17-12-4-2-1-3-5-12/h1-9,18H,(H,17,19). The topological polar surface area (TPSA) is 44.9 Å². The first-order valence-electron chi connectivity index (χ1n) is 5.87. The first-order chi connectivity index (χ1) is 9.22. The Kier molecular flexibility index (Phi) is 3.25. The molecule has 0 saturated heterocycles. The number of aromatic nitrogens is 1. The van der Waals surface area contributed by atoms with Crippen molar-refractivity contribution >= 4 is 45.1 Å². The second kappa shape index (κ2) is 5.05. The molecule has 3 rings (SSSR count). The van der Waals surface area contributed by atoms with Crippen molar-refractivity contribution in [1.29, 1.82) is 0 Å². The zero-order chi connectivity index (χ0) is 13.2. The number of rotatable bonds is 2. The largest absolute Gasteiger partial charge is 0.351 e. The highest BCUT2D eigenvalue weighted by molar-refractivity contribution is 14.1. The van der Waals surface area contributed by atoms with Crippen LogP contribution in [0, 0.1) is 3.57 Å². The zero-order valence-corrected chi connectivity index (χ0v) is 12.1. The van der Waals surface area contributed by atoms with Crippen LogP contribution in [0.1, 0.15) is 10.5 Å². The Morgan fingerprint density at radius 1 is 1.05 bits per heavy atom. The minimum atomic E-state index is -0.127. The number of amides is 1. The lowest BCUT2D eigenvalue weighted by atomic mass is 10.2. The Labute approximate surface area is 124 Å². The Balaban J connectivity index is 1.89. The van der Waals surface area contributed by atoms with Crippen molar-refractivity contribution in [3.8, 4) is 0 Å². The summed E-state index contributed by atoms with van der Waals surface area (Å²) >= 11 is 2.26. The van der Waals surface area contributed by atoms with Crippen molar-refractivity contribution in [3.63, 3.8) is 0 Å². The van der Waals surface area contributed by atoms with E-state index >= 15 is 0 Å². The number of benzene rings is 2. The first-order valence-corrected chi connectivity index (χ1v) is 6.95. The van der Waals surface area contributed by atoms with Crippen molar-refractivity contribution in [3.05, 3.63) is 63.9 Å². The smallest absolute Gasteiger partial charge is 0.272 e. The summed E-state index contributed by atoms with van der Waals surface area (Å²) in [5.74, 6) is -0.127. The molecule has 1 heterocycles. The molecule has 0 atom stereocenters. The molecule has 0 saturated carbocycles. The number of nitrogens with one attached hydrogen (secondary N) is 2. The highest BCUT2D eigenvalue weighted by Gasteiger charge is 2.09. The third-order valence-electron chi connectivity index (χ3n) is 2.86. The number of hydrogen-bond donors (Lipinski definition) is 2. The number of hydrogen-bond acceptors (Lipinski definition) is 1. The Morgan fingerprint density at radius 2 is 1.84 bits per heavy atom. The van der Waals surface area contributed by atoms with E-state index in [4.69, 9.17) is 0 Å². The van der Waals surface area contributed by atoms with Crippen LogP contribution in [-0.2, 0) is 0 Å². The molecule has 2 N–H and O–H groups in total. The van der Waals surface area contributed by atoms with Gasteiger partial charge in [-0.1, -0.05) is 18.2 Å². The van der Waals surface area contributed by atoms with E-state index < -0.39 is 0 Å². The first kappa shape index (κ1) is 12.2. The lowest BCUT2D eigenvalue weighted by Gasteiger charge is -2.02. The molecule has 0 aliphatic rings. The average Bonchev–Trinajstić information content (AvgIpc) is 2.83. The molecule has 0 unspecified atom stereocenters. The van der Waals surface area contributed by atoms with Crippen LogP contribution in [0.5, 0.6) is 0 Å². The maximum absolute atomic E-state index is 12.1. The van der Waals surface area contributed by atoms with Crippen LogP contribution < -0.4 is 5.32 Å². The molecule has 0 bridgehead atoms. The molecule has 1 amide bonds. The summed E-state index contributed by atoms with van der Waals surface area (Å²) in [6.07, 6.45) is 0. The highest BCUT2D eigenvalue weighted by atomic mass is 127. The maximum atomic E-state index is 12.1.